The number of morpholine rings is 1. The molecule has 2 heterocycles. The molecular weight excluding hydrogens is 316 g/mol. The molecule has 1 aromatic rings. The number of ether oxygens (including phenoxy) is 1. The van der Waals surface area contributed by atoms with Gasteiger partial charge in [-0.25, -0.2) is 0 Å². The van der Waals surface area contributed by atoms with Crippen molar-refractivity contribution in [3.05, 3.63) is 30.3 Å². The molecule has 0 N–H and O–H groups in total. The molecule has 2 saturated heterocycles. The molecule has 0 aromatic heterocycles. The molecule has 5 nitrogen and oxygen atoms in total. The summed E-state index contributed by atoms with van der Waals surface area (Å²) in [6, 6.07) is 9.74. The van der Waals surface area contributed by atoms with Gasteiger partial charge in [0.05, 0.1) is 13.1 Å². The molecule has 1 aromatic carbocycles. The largest absolute Gasteiger partial charge is 0.361 e. The van der Waals surface area contributed by atoms with Crippen molar-refractivity contribution < 1.29 is 14.3 Å². The molecule has 1 aliphatic carbocycles. The quantitative estimate of drug-likeness (QED) is 0.848. The first-order valence-corrected chi connectivity index (χ1v) is 9.42. The molecule has 3 fully saturated rings. The molecule has 5 heteroatoms. The number of benzene rings is 1. The maximum atomic E-state index is 12.6. The normalized spacial score (nSPS) is 27.4. The van der Waals surface area contributed by atoms with Crippen molar-refractivity contribution in [3.8, 4) is 0 Å². The molecule has 3 aliphatic rings. The standard InChI is InChI=1S/C20H26N2O3/c23-18(12-16-6-4-5-7-16)21-11-10-20(14-21)15-22(19(24)13-25-20)17-8-2-1-3-9-17/h1-3,8-9,16H,4-7,10-15H2. The lowest BCUT2D eigenvalue weighted by atomic mass is 9.99. The SMILES string of the molecule is O=C(CC1CCCC1)N1CCC2(C1)CN(c1ccccc1)C(=O)CO2. The van der Waals surface area contributed by atoms with Crippen LogP contribution in [-0.4, -0.2) is 48.6 Å². The van der Waals surface area contributed by atoms with Crippen LogP contribution in [0.3, 0.4) is 0 Å². The summed E-state index contributed by atoms with van der Waals surface area (Å²) < 4.78 is 5.96. The van der Waals surface area contributed by atoms with Crippen molar-refractivity contribution in [2.45, 2.75) is 44.1 Å². The van der Waals surface area contributed by atoms with Gasteiger partial charge in [-0.2, -0.15) is 0 Å². The molecule has 25 heavy (non-hydrogen) atoms. The number of hydrogen-bond donors (Lipinski definition) is 0. The Morgan fingerprint density at radius 3 is 2.68 bits per heavy atom. The number of likely N-dealkylation sites (tertiary alicyclic amines) is 1. The van der Waals surface area contributed by atoms with E-state index in [2.05, 4.69) is 0 Å². The summed E-state index contributed by atoms with van der Waals surface area (Å²) in [5, 5.41) is 0. The Morgan fingerprint density at radius 1 is 1.16 bits per heavy atom. The van der Waals surface area contributed by atoms with E-state index in [-0.39, 0.29) is 18.4 Å². The monoisotopic (exact) mass is 342 g/mol. The van der Waals surface area contributed by atoms with Gasteiger partial charge < -0.3 is 14.5 Å². The maximum Gasteiger partial charge on any atom is 0.253 e. The third kappa shape index (κ3) is 3.43. The fourth-order valence-electron chi connectivity index (χ4n) is 4.45. The van der Waals surface area contributed by atoms with Crippen LogP contribution in [0.1, 0.15) is 38.5 Å². The molecule has 0 radical (unpaired) electrons. The van der Waals surface area contributed by atoms with E-state index in [0.29, 0.717) is 25.4 Å². The van der Waals surface area contributed by atoms with E-state index in [9.17, 15) is 9.59 Å². The molecule has 1 atom stereocenters. The van der Waals surface area contributed by atoms with Crippen molar-refractivity contribution in [2.75, 3.05) is 31.1 Å². The molecule has 4 rings (SSSR count). The van der Waals surface area contributed by atoms with Gasteiger partial charge in [0.1, 0.15) is 12.2 Å². The van der Waals surface area contributed by atoms with Crippen molar-refractivity contribution in [3.63, 3.8) is 0 Å². The first kappa shape index (κ1) is 16.6. The molecule has 134 valence electrons. The van der Waals surface area contributed by atoms with Crippen LogP contribution >= 0.6 is 0 Å². The van der Waals surface area contributed by atoms with E-state index >= 15 is 0 Å². The second kappa shape index (κ2) is 6.79. The van der Waals surface area contributed by atoms with E-state index in [0.717, 1.165) is 18.7 Å². The first-order chi connectivity index (χ1) is 12.2. The summed E-state index contributed by atoms with van der Waals surface area (Å²) in [7, 11) is 0. The van der Waals surface area contributed by atoms with Crippen LogP contribution in [0.15, 0.2) is 30.3 Å². The van der Waals surface area contributed by atoms with Crippen LogP contribution in [0.25, 0.3) is 0 Å². The van der Waals surface area contributed by atoms with Crippen molar-refractivity contribution in [1.82, 2.24) is 4.90 Å². The third-order valence-electron chi connectivity index (χ3n) is 5.92. The van der Waals surface area contributed by atoms with Gasteiger partial charge in [0.25, 0.3) is 5.91 Å². The zero-order chi connectivity index (χ0) is 17.3. The molecule has 0 bridgehead atoms. The van der Waals surface area contributed by atoms with Crippen LogP contribution in [-0.2, 0) is 14.3 Å². The Morgan fingerprint density at radius 2 is 1.92 bits per heavy atom. The summed E-state index contributed by atoms with van der Waals surface area (Å²) in [4.78, 5) is 28.7. The Hall–Kier alpha value is -1.88. The van der Waals surface area contributed by atoms with Crippen LogP contribution in [0.5, 0.6) is 0 Å². The van der Waals surface area contributed by atoms with Crippen molar-refractivity contribution >= 4 is 17.5 Å². The Bertz CT molecular complexity index is 642. The number of carbonyl (C=O) groups is 2. The summed E-state index contributed by atoms with van der Waals surface area (Å²) >= 11 is 0. The molecule has 1 spiro atoms. The zero-order valence-electron chi connectivity index (χ0n) is 14.7. The van der Waals surface area contributed by atoms with Crippen LogP contribution in [0.4, 0.5) is 5.69 Å². The Balaban J connectivity index is 1.42. The highest BCUT2D eigenvalue weighted by Crippen LogP contribution is 2.34. The second-order valence-corrected chi connectivity index (χ2v) is 7.71. The molecule has 1 unspecified atom stereocenters. The number of amides is 2. The van der Waals surface area contributed by atoms with Gasteiger partial charge in [-0.15, -0.1) is 0 Å². The van der Waals surface area contributed by atoms with E-state index < -0.39 is 5.60 Å². The van der Waals surface area contributed by atoms with Gasteiger partial charge in [0.15, 0.2) is 0 Å². The topological polar surface area (TPSA) is 49.9 Å². The van der Waals surface area contributed by atoms with Gasteiger partial charge in [0.2, 0.25) is 5.91 Å². The molecule has 2 aliphatic heterocycles. The minimum atomic E-state index is -0.408. The lowest BCUT2D eigenvalue weighted by Gasteiger charge is -2.40. The molecule has 1 saturated carbocycles. The van der Waals surface area contributed by atoms with Gasteiger partial charge in [-0.3, -0.25) is 9.59 Å². The highest BCUT2D eigenvalue weighted by molar-refractivity contribution is 5.95. The van der Waals surface area contributed by atoms with E-state index in [4.69, 9.17) is 4.74 Å². The lowest BCUT2D eigenvalue weighted by Crippen LogP contribution is -2.56. The van der Waals surface area contributed by atoms with Gasteiger partial charge in [0, 0.05) is 18.7 Å². The number of carbonyl (C=O) groups excluding carboxylic acids is 2. The molecule has 2 amide bonds. The van der Waals surface area contributed by atoms with E-state index in [1.165, 1.54) is 25.7 Å². The highest BCUT2D eigenvalue weighted by Gasteiger charge is 2.46. The summed E-state index contributed by atoms with van der Waals surface area (Å²) in [6.07, 6.45) is 6.39. The predicted molar refractivity (Wildman–Crippen MR) is 95.3 cm³/mol. The second-order valence-electron chi connectivity index (χ2n) is 7.71. The van der Waals surface area contributed by atoms with Gasteiger partial charge >= 0.3 is 0 Å². The smallest absolute Gasteiger partial charge is 0.253 e. The number of rotatable bonds is 3. The predicted octanol–water partition coefficient (Wildman–Crippen LogP) is 2.60. The fourth-order valence-corrected chi connectivity index (χ4v) is 4.45. The van der Waals surface area contributed by atoms with Crippen molar-refractivity contribution in [2.24, 2.45) is 5.92 Å². The Labute approximate surface area is 148 Å². The van der Waals surface area contributed by atoms with E-state index in [1.807, 2.05) is 40.1 Å². The molecular formula is C20H26N2O3. The van der Waals surface area contributed by atoms with Crippen molar-refractivity contribution in [1.29, 1.82) is 0 Å². The van der Waals surface area contributed by atoms with Gasteiger partial charge in [-0.1, -0.05) is 31.0 Å². The number of anilines is 1. The summed E-state index contributed by atoms with van der Waals surface area (Å²) in [5.74, 6) is 0.821. The zero-order valence-corrected chi connectivity index (χ0v) is 14.7. The van der Waals surface area contributed by atoms with E-state index in [1.54, 1.807) is 0 Å². The Kier molecular flexibility index (Phi) is 4.50. The average Bonchev–Trinajstić information content (AvgIpc) is 3.28. The maximum absolute atomic E-state index is 12.6. The lowest BCUT2D eigenvalue weighted by molar-refractivity contribution is -0.139. The fraction of sp³-hybridized carbons (Fsp3) is 0.600. The third-order valence-corrected chi connectivity index (χ3v) is 5.92. The summed E-state index contributed by atoms with van der Waals surface area (Å²) in [5.41, 5.74) is 0.501. The minimum Gasteiger partial charge on any atom is -0.361 e. The minimum absolute atomic E-state index is 0.00689. The number of nitrogens with zero attached hydrogens (tertiary/aromatic N) is 2. The van der Waals surface area contributed by atoms with Crippen LogP contribution < -0.4 is 4.90 Å². The summed E-state index contributed by atoms with van der Waals surface area (Å²) in [6.45, 7) is 1.97. The number of hydrogen-bond acceptors (Lipinski definition) is 3. The average molecular weight is 342 g/mol. The van der Waals surface area contributed by atoms with Gasteiger partial charge in [-0.05, 0) is 37.3 Å². The van der Waals surface area contributed by atoms with Crippen LogP contribution in [0.2, 0.25) is 0 Å². The number of para-hydroxylation sites is 1. The highest BCUT2D eigenvalue weighted by atomic mass is 16.5. The van der Waals surface area contributed by atoms with Crippen LogP contribution in [0, 0.1) is 5.92 Å². The first-order valence-electron chi connectivity index (χ1n) is 9.42.